The number of nitrogens with zero attached hydrogens (tertiary/aromatic N) is 1. The Kier molecular flexibility index (Phi) is 4.34. The van der Waals surface area contributed by atoms with E-state index >= 15 is 0 Å². The Hall–Kier alpha value is -3.04. The third-order valence-electron chi connectivity index (χ3n) is 3.73. The monoisotopic (exact) mass is 353 g/mol. The Morgan fingerprint density at radius 1 is 1.16 bits per heavy atom. The first-order chi connectivity index (χ1) is 11.9. The number of benzene rings is 1. The molecule has 0 aliphatic carbocycles. The average Bonchev–Trinajstić information content (AvgIpc) is 3.03. The zero-order chi connectivity index (χ0) is 18.0. The van der Waals surface area contributed by atoms with Gasteiger partial charge in [-0.25, -0.2) is 0 Å². The molecule has 0 unspecified atom stereocenters. The second kappa shape index (κ2) is 6.46. The second-order valence-electron chi connectivity index (χ2n) is 5.44. The molecule has 1 aliphatic heterocycles. The van der Waals surface area contributed by atoms with Crippen LogP contribution < -0.4 is 16.2 Å². The molecular weight excluding hydrogens is 339 g/mol. The molecule has 0 fully saturated rings. The lowest BCUT2D eigenvalue weighted by Crippen LogP contribution is -2.42. The van der Waals surface area contributed by atoms with Gasteiger partial charge in [-0.3, -0.25) is 25.5 Å². The number of hydrogen-bond donors (Lipinski definition) is 4. The number of halogens is 3. The van der Waals surface area contributed by atoms with Crippen molar-refractivity contribution in [1.82, 2.24) is 21.0 Å². The highest BCUT2D eigenvalue weighted by molar-refractivity contribution is 5.99. The summed E-state index contributed by atoms with van der Waals surface area (Å²) in [6.45, 7) is 0.755. The largest absolute Gasteiger partial charge is 0.416 e. The lowest BCUT2D eigenvalue weighted by Gasteiger charge is -2.13. The van der Waals surface area contributed by atoms with Gasteiger partial charge in [0.05, 0.1) is 5.56 Å². The Labute approximate surface area is 140 Å². The first kappa shape index (κ1) is 16.8. The summed E-state index contributed by atoms with van der Waals surface area (Å²) < 4.78 is 38.0. The van der Waals surface area contributed by atoms with Crippen molar-refractivity contribution in [3.63, 3.8) is 0 Å². The summed E-state index contributed by atoms with van der Waals surface area (Å²) >= 11 is 0. The topological polar surface area (TPSA) is 98.9 Å². The van der Waals surface area contributed by atoms with Gasteiger partial charge >= 0.3 is 6.18 Å². The van der Waals surface area contributed by atoms with Gasteiger partial charge in [0.25, 0.3) is 11.8 Å². The minimum atomic E-state index is -4.55. The number of hydrazine groups is 1. The average molecular weight is 353 g/mol. The van der Waals surface area contributed by atoms with Crippen molar-refractivity contribution in [2.24, 2.45) is 0 Å². The summed E-state index contributed by atoms with van der Waals surface area (Å²) in [7, 11) is 0. The van der Waals surface area contributed by atoms with Gasteiger partial charge in [0.2, 0.25) is 0 Å². The number of aromatic nitrogens is 2. The maximum atomic E-state index is 12.7. The van der Waals surface area contributed by atoms with Crippen molar-refractivity contribution in [3.8, 4) is 0 Å². The molecule has 3 rings (SSSR count). The summed E-state index contributed by atoms with van der Waals surface area (Å²) in [5, 5.41) is 9.58. The highest BCUT2D eigenvalue weighted by Crippen LogP contribution is 2.29. The Morgan fingerprint density at radius 3 is 2.68 bits per heavy atom. The molecule has 0 atom stereocenters. The van der Waals surface area contributed by atoms with Crippen LogP contribution in [0.2, 0.25) is 0 Å². The van der Waals surface area contributed by atoms with Crippen LogP contribution in [0.15, 0.2) is 24.3 Å². The first-order valence-corrected chi connectivity index (χ1v) is 7.45. The molecule has 2 heterocycles. The highest BCUT2D eigenvalue weighted by Gasteiger charge is 2.31. The van der Waals surface area contributed by atoms with Gasteiger partial charge in [0, 0.05) is 17.7 Å². The molecule has 0 saturated carbocycles. The van der Waals surface area contributed by atoms with Gasteiger partial charge in [0.1, 0.15) is 5.69 Å². The van der Waals surface area contributed by atoms with Crippen molar-refractivity contribution in [2.45, 2.75) is 19.0 Å². The van der Waals surface area contributed by atoms with Crippen LogP contribution in [-0.4, -0.2) is 28.6 Å². The highest BCUT2D eigenvalue weighted by atomic mass is 19.4. The number of fused-ring (bicyclic) bond motifs is 1. The Balaban J connectivity index is 1.66. The number of nitrogens with one attached hydrogen (secondary N) is 4. The van der Waals surface area contributed by atoms with Gasteiger partial charge in [-0.1, -0.05) is 6.07 Å². The second-order valence-corrected chi connectivity index (χ2v) is 5.44. The molecule has 10 heteroatoms. The van der Waals surface area contributed by atoms with Gasteiger partial charge in [0.15, 0.2) is 5.82 Å². The fourth-order valence-electron chi connectivity index (χ4n) is 2.50. The standard InChI is InChI=1S/C15H14F3N5O2/c16-15(17,18)9-4-1-3-8(7-9)13(24)22-23-14(25)11-10-5-2-6-19-12(10)21-20-11/h1,3-4,7H,2,5-6H2,(H,22,24)(H,23,25)(H2,19,20,21). The molecule has 1 aromatic carbocycles. The normalized spacial score (nSPS) is 13.6. The Morgan fingerprint density at radius 2 is 1.92 bits per heavy atom. The van der Waals surface area contributed by atoms with Crippen LogP contribution in [-0.2, 0) is 12.6 Å². The zero-order valence-corrected chi connectivity index (χ0v) is 12.8. The molecule has 2 amide bonds. The molecule has 25 heavy (non-hydrogen) atoms. The number of alkyl halides is 3. The molecule has 4 N–H and O–H groups in total. The van der Waals surface area contributed by atoms with Crippen LogP contribution in [0.25, 0.3) is 0 Å². The number of hydrogen-bond acceptors (Lipinski definition) is 4. The number of carbonyl (C=O) groups excluding carboxylic acids is 2. The van der Waals surface area contributed by atoms with E-state index in [0.717, 1.165) is 25.1 Å². The van der Waals surface area contributed by atoms with Gasteiger partial charge in [-0.15, -0.1) is 0 Å². The quantitative estimate of drug-likeness (QED) is 0.620. The van der Waals surface area contributed by atoms with E-state index in [1.54, 1.807) is 0 Å². The fraction of sp³-hybridized carbons (Fsp3) is 0.267. The zero-order valence-electron chi connectivity index (χ0n) is 12.8. The van der Waals surface area contributed by atoms with Crippen LogP contribution >= 0.6 is 0 Å². The molecule has 1 aliphatic rings. The van der Waals surface area contributed by atoms with E-state index in [2.05, 4.69) is 26.4 Å². The molecule has 0 saturated heterocycles. The molecule has 0 spiro atoms. The third kappa shape index (κ3) is 3.57. The predicted molar refractivity (Wildman–Crippen MR) is 81.8 cm³/mol. The maximum Gasteiger partial charge on any atom is 0.416 e. The van der Waals surface area contributed by atoms with E-state index < -0.39 is 23.6 Å². The number of rotatable bonds is 2. The van der Waals surface area contributed by atoms with Crippen molar-refractivity contribution >= 4 is 17.6 Å². The lowest BCUT2D eigenvalue weighted by atomic mass is 10.1. The first-order valence-electron chi connectivity index (χ1n) is 7.45. The molecule has 0 radical (unpaired) electrons. The number of amides is 2. The summed E-state index contributed by atoms with van der Waals surface area (Å²) in [6, 6.07) is 3.91. The number of anilines is 1. The summed E-state index contributed by atoms with van der Waals surface area (Å²) in [5.41, 5.74) is 4.01. The van der Waals surface area contributed by atoms with Crippen molar-refractivity contribution in [1.29, 1.82) is 0 Å². The number of aromatic amines is 1. The van der Waals surface area contributed by atoms with Crippen LogP contribution in [0.5, 0.6) is 0 Å². The van der Waals surface area contributed by atoms with Gasteiger partial charge in [-0.05, 0) is 31.0 Å². The molecule has 0 bridgehead atoms. The minimum absolute atomic E-state index is 0.201. The van der Waals surface area contributed by atoms with Gasteiger partial charge in [-0.2, -0.15) is 18.3 Å². The van der Waals surface area contributed by atoms with E-state index in [1.807, 2.05) is 0 Å². The maximum absolute atomic E-state index is 12.7. The minimum Gasteiger partial charge on any atom is -0.368 e. The summed E-state index contributed by atoms with van der Waals surface area (Å²) in [5.74, 6) is -0.899. The van der Waals surface area contributed by atoms with E-state index in [-0.39, 0.29) is 11.3 Å². The third-order valence-corrected chi connectivity index (χ3v) is 3.73. The molecule has 2 aromatic rings. The predicted octanol–water partition coefficient (Wildman–Crippen LogP) is 1.86. The van der Waals surface area contributed by atoms with Crippen molar-refractivity contribution in [3.05, 3.63) is 46.6 Å². The molecular formula is C15H14F3N5O2. The van der Waals surface area contributed by atoms with E-state index in [4.69, 9.17) is 0 Å². The van der Waals surface area contributed by atoms with Crippen LogP contribution in [0.4, 0.5) is 19.0 Å². The van der Waals surface area contributed by atoms with E-state index in [9.17, 15) is 22.8 Å². The molecule has 1 aromatic heterocycles. The van der Waals surface area contributed by atoms with Crippen LogP contribution in [0.3, 0.4) is 0 Å². The van der Waals surface area contributed by atoms with Crippen LogP contribution in [0, 0.1) is 0 Å². The molecule has 7 nitrogen and oxygen atoms in total. The van der Waals surface area contributed by atoms with Crippen molar-refractivity contribution < 1.29 is 22.8 Å². The van der Waals surface area contributed by atoms with Crippen molar-refractivity contribution in [2.75, 3.05) is 11.9 Å². The Bertz CT molecular complexity index is 816. The summed E-state index contributed by atoms with van der Waals surface area (Å²) in [6.07, 6.45) is -3.06. The van der Waals surface area contributed by atoms with Gasteiger partial charge < -0.3 is 5.32 Å². The van der Waals surface area contributed by atoms with E-state index in [0.29, 0.717) is 23.9 Å². The van der Waals surface area contributed by atoms with Crippen LogP contribution in [0.1, 0.15) is 38.4 Å². The lowest BCUT2D eigenvalue weighted by molar-refractivity contribution is -0.137. The smallest absolute Gasteiger partial charge is 0.368 e. The van der Waals surface area contributed by atoms with E-state index in [1.165, 1.54) is 6.07 Å². The number of carbonyl (C=O) groups is 2. The molecule has 132 valence electrons. The summed E-state index contributed by atoms with van der Waals surface area (Å²) in [4.78, 5) is 24.1. The number of H-pyrrole nitrogens is 1. The SMILES string of the molecule is O=C(NNC(=O)c1[nH]nc2c1CCCN2)c1cccc(C(F)(F)F)c1. The fourth-order valence-corrected chi connectivity index (χ4v) is 2.50.